The number of rotatable bonds is 7. The molecule has 1 heterocycles. The van der Waals surface area contributed by atoms with E-state index in [2.05, 4.69) is 10.5 Å². The maximum Gasteiger partial charge on any atom is 0.327 e. The number of amides is 2. The number of nitrogens with one attached hydrogen (secondary N) is 1. The third-order valence-corrected chi connectivity index (χ3v) is 3.31. The van der Waals surface area contributed by atoms with Crippen LogP contribution in [-0.4, -0.2) is 45.7 Å². The van der Waals surface area contributed by atoms with E-state index in [0.29, 0.717) is 41.9 Å². The van der Waals surface area contributed by atoms with Gasteiger partial charge in [-0.2, -0.15) is 0 Å². The summed E-state index contributed by atoms with van der Waals surface area (Å²) in [5.41, 5.74) is 0.641. The Morgan fingerprint density at radius 3 is 2.54 bits per heavy atom. The van der Waals surface area contributed by atoms with Crippen LogP contribution in [0.15, 0.2) is 28.8 Å². The van der Waals surface area contributed by atoms with E-state index in [0.717, 1.165) is 0 Å². The summed E-state index contributed by atoms with van der Waals surface area (Å²) < 4.78 is 20.6. The second-order valence-corrected chi connectivity index (χ2v) is 4.94. The molecule has 0 aliphatic heterocycles. The lowest BCUT2D eigenvalue weighted by Gasteiger charge is -2.23. The zero-order valence-corrected chi connectivity index (χ0v) is 14.2. The maximum absolute atomic E-state index is 12.6. The van der Waals surface area contributed by atoms with Crippen molar-refractivity contribution in [1.29, 1.82) is 0 Å². The highest BCUT2D eigenvalue weighted by Crippen LogP contribution is 2.31. The lowest BCUT2D eigenvalue weighted by Crippen LogP contribution is -2.37. The van der Waals surface area contributed by atoms with Gasteiger partial charge in [-0.15, -0.1) is 0 Å². The van der Waals surface area contributed by atoms with Crippen molar-refractivity contribution in [1.82, 2.24) is 5.16 Å². The molecule has 2 amide bonds. The van der Waals surface area contributed by atoms with E-state index in [1.807, 2.05) is 0 Å². The van der Waals surface area contributed by atoms with E-state index >= 15 is 0 Å². The largest absolute Gasteiger partial charge is 0.493 e. The highest BCUT2D eigenvalue weighted by molar-refractivity contribution is 6.01. The van der Waals surface area contributed by atoms with E-state index in [1.165, 1.54) is 4.90 Å². The second-order valence-electron chi connectivity index (χ2n) is 4.94. The number of ether oxygens (including phenoxy) is 3. The first-order chi connectivity index (χ1) is 11.6. The molecule has 0 saturated carbocycles. The van der Waals surface area contributed by atoms with Crippen molar-refractivity contribution in [3.8, 4) is 11.5 Å². The molecule has 0 aliphatic rings. The fourth-order valence-electron chi connectivity index (χ4n) is 2.13. The van der Waals surface area contributed by atoms with Crippen LogP contribution >= 0.6 is 0 Å². The Labute approximate surface area is 140 Å². The summed E-state index contributed by atoms with van der Waals surface area (Å²) in [6, 6.07) is 6.52. The first kappa shape index (κ1) is 17.6. The number of anilines is 2. The third-order valence-electron chi connectivity index (χ3n) is 3.31. The lowest BCUT2D eigenvalue weighted by atomic mass is 10.2. The predicted octanol–water partition coefficient (Wildman–Crippen LogP) is 2.69. The molecule has 0 atom stereocenters. The fourth-order valence-corrected chi connectivity index (χ4v) is 2.13. The SMILES string of the molecule is COCCN(C(=O)Nc1cc(C)on1)c1ccc(OC)c(OC)c1. The molecule has 24 heavy (non-hydrogen) atoms. The van der Waals surface area contributed by atoms with Crippen molar-refractivity contribution in [3.05, 3.63) is 30.0 Å². The lowest BCUT2D eigenvalue weighted by molar-refractivity contribution is 0.204. The topological polar surface area (TPSA) is 86.1 Å². The third kappa shape index (κ3) is 4.17. The van der Waals surface area contributed by atoms with Crippen molar-refractivity contribution in [2.24, 2.45) is 0 Å². The molecule has 0 unspecified atom stereocenters. The first-order valence-corrected chi connectivity index (χ1v) is 7.31. The molecule has 1 N–H and O–H groups in total. The van der Waals surface area contributed by atoms with Gasteiger partial charge in [0.15, 0.2) is 17.3 Å². The number of hydrogen-bond donors (Lipinski definition) is 1. The molecule has 8 nitrogen and oxygen atoms in total. The van der Waals surface area contributed by atoms with Gasteiger partial charge in [-0.05, 0) is 19.1 Å². The molecule has 130 valence electrons. The summed E-state index contributed by atoms with van der Waals surface area (Å²) in [5.74, 6) is 2.07. The number of hydrogen-bond acceptors (Lipinski definition) is 6. The number of nitrogens with zero attached hydrogens (tertiary/aromatic N) is 2. The van der Waals surface area contributed by atoms with Crippen LogP contribution in [0.3, 0.4) is 0 Å². The Kier molecular flexibility index (Phi) is 6.02. The van der Waals surface area contributed by atoms with E-state index in [-0.39, 0.29) is 6.03 Å². The molecule has 0 spiro atoms. The molecule has 8 heteroatoms. The average molecular weight is 335 g/mol. The predicted molar refractivity (Wildman–Crippen MR) is 89.0 cm³/mol. The van der Waals surface area contributed by atoms with Crippen molar-refractivity contribution in [3.63, 3.8) is 0 Å². The Balaban J connectivity index is 2.25. The quantitative estimate of drug-likeness (QED) is 0.837. The van der Waals surface area contributed by atoms with Crippen LogP contribution in [0.2, 0.25) is 0 Å². The van der Waals surface area contributed by atoms with E-state index in [4.69, 9.17) is 18.7 Å². The van der Waals surface area contributed by atoms with Crippen LogP contribution in [0.1, 0.15) is 5.76 Å². The van der Waals surface area contributed by atoms with Gasteiger partial charge in [0, 0.05) is 24.9 Å². The first-order valence-electron chi connectivity index (χ1n) is 7.31. The van der Waals surface area contributed by atoms with Gasteiger partial charge in [0.1, 0.15) is 5.76 Å². The summed E-state index contributed by atoms with van der Waals surface area (Å²) in [6.45, 7) is 2.48. The van der Waals surface area contributed by atoms with Gasteiger partial charge >= 0.3 is 6.03 Å². The zero-order valence-electron chi connectivity index (χ0n) is 14.2. The van der Waals surface area contributed by atoms with Crippen molar-refractivity contribution in [2.45, 2.75) is 6.92 Å². The van der Waals surface area contributed by atoms with Gasteiger partial charge in [-0.3, -0.25) is 10.2 Å². The molecule has 2 aromatic rings. The minimum atomic E-state index is -0.354. The number of benzene rings is 1. The van der Waals surface area contributed by atoms with Gasteiger partial charge in [-0.25, -0.2) is 4.79 Å². The maximum atomic E-state index is 12.6. The van der Waals surface area contributed by atoms with Crippen molar-refractivity contribution < 1.29 is 23.5 Å². The van der Waals surface area contributed by atoms with Crippen LogP contribution in [0.4, 0.5) is 16.3 Å². The average Bonchev–Trinajstić information content (AvgIpc) is 2.99. The molecule has 1 aromatic carbocycles. The van der Waals surface area contributed by atoms with E-state index in [9.17, 15) is 4.79 Å². The summed E-state index contributed by atoms with van der Waals surface area (Å²) in [5, 5.41) is 6.45. The molecule has 0 bridgehead atoms. The summed E-state index contributed by atoms with van der Waals surface area (Å²) in [7, 11) is 4.67. The number of methoxy groups -OCH3 is 3. The standard InChI is InChI=1S/C16H21N3O5/c1-11-9-15(18-24-11)17-16(20)19(7-8-21-2)12-5-6-13(22-3)14(10-12)23-4/h5-6,9-10H,7-8H2,1-4H3,(H,17,18,20). The van der Waals surface area contributed by atoms with Crippen LogP contribution < -0.4 is 19.7 Å². The van der Waals surface area contributed by atoms with Gasteiger partial charge in [0.2, 0.25) is 0 Å². The Bertz CT molecular complexity index is 686. The molecule has 0 aliphatic carbocycles. The van der Waals surface area contributed by atoms with Crippen LogP contribution in [-0.2, 0) is 4.74 Å². The fraction of sp³-hybridized carbons (Fsp3) is 0.375. The number of aromatic nitrogens is 1. The number of aryl methyl sites for hydroxylation is 1. The van der Waals surface area contributed by atoms with Gasteiger partial charge in [-0.1, -0.05) is 5.16 Å². The van der Waals surface area contributed by atoms with Crippen molar-refractivity contribution >= 4 is 17.5 Å². The Hall–Kier alpha value is -2.74. The number of carbonyl (C=O) groups is 1. The van der Waals surface area contributed by atoms with E-state index < -0.39 is 0 Å². The van der Waals surface area contributed by atoms with Crippen LogP contribution in [0.5, 0.6) is 11.5 Å². The molecule has 0 radical (unpaired) electrons. The second kappa shape index (κ2) is 8.21. The molecular weight excluding hydrogens is 314 g/mol. The normalized spacial score (nSPS) is 10.3. The molecular formula is C16H21N3O5. The Morgan fingerprint density at radius 1 is 1.21 bits per heavy atom. The van der Waals surface area contributed by atoms with Crippen LogP contribution in [0, 0.1) is 6.92 Å². The molecule has 0 saturated heterocycles. The highest BCUT2D eigenvalue weighted by atomic mass is 16.5. The molecule has 1 aromatic heterocycles. The van der Waals surface area contributed by atoms with E-state index in [1.54, 1.807) is 52.5 Å². The smallest absolute Gasteiger partial charge is 0.327 e. The minimum absolute atomic E-state index is 0.348. The van der Waals surface area contributed by atoms with Gasteiger partial charge in [0.05, 0.1) is 27.4 Å². The molecule has 0 fully saturated rings. The summed E-state index contributed by atoms with van der Waals surface area (Å²) in [4.78, 5) is 14.1. The number of urea groups is 1. The monoisotopic (exact) mass is 335 g/mol. The Morgan fingerprint density at radius 2 is 1.96 bits per heavy atom. The molecule has 2 rings (SSSR count). The zero-order chi connectivity index (χ0) is 17.5. The number of carbonyl (C=O) groups excluding carboxylic acids is 1. The highest BCUT2D eigenvalue weighted by Gasteiger charge is 2.19. The van der Waals surface area contributed by atoms with Crippen LogP contribution in [0.25, 0.3) is 0 Å². The summed E-state index contributed by atoms with van der Waals surface area (Å²) in [6.07, 6.45) is 0. The summed E-state index contributed by atoms with van der Waals surface area (Å²) >= 11 is 0. The van der Waals surface area contributed by atoms with Gasteiger partial charge < -0.3 is 18.7 Å². The van der Waals surface area contributed by atoms with Gasteiger partial charge in [0.25, 0.3) is 0 Å². The minimum Gasteiger partial charge on any atom is -0.493 e. The van der Waals surface area contributed by atoms with Crippen molar-refractivity contribution in [2.75, 3.05) is 44.7 Å².